The molecule has 3 rings (SSSR count). The molecule has 166 valence electrons. The molecule has 1 N–H and O–H groups in total. The molecule has 1 saturated heterocycles. The zero-order valence-electron chi connectivity index (χ0n) is 18.6. The summed E-state index contributed by atoms with van der Waals surface area (Å²) in [6, 6.07) is 7.99. The average molecular weight is 416 g/mol. The van der Waals surface area contributed by atoms with Crippen LogP contribution in [-0.2, 0) is 16.0 Å². The van der Waals surface area contributed by atoms with E-state index in [2.05, 4.69) is 23.2 Å². The number of hydrogen-bond acceptors (Lipinski definition) is 4. The Bertz CT molecular complexity index is 695. The number of nitrogens with zero attached hydrogens (tertiary/aromatic N) is 2. The van der Waals surface area contributed by atoms with Gasteiger partial charge in [-0.1, -0.05) is 38.0 Å². The quantitative estimate of drug-likeness (QED) is 0.674. The fourth-order valence-corrected chi connectivity index (χ4v) is 4.68. The molecule has 1 aromatic rings. The molecule has 0 spiro atoms. The fraction of sp³-hybridized carbons (Fsp3) is 0.667. The molecule has 1 unspecified atom stereocenters. The number of amides is 2. The number of carbonyl (C=O) groups excluding carboxylic acids is 2. The van der Waals surface area contributed by atoms with Crippen molar-refractivity contribution in [3.63, 3.8) is 0 Å². The molecule has 1 saturated carbocycles. The molecule has 2 fully saturated rings. The minimum atomic E-state index is 0.104. The standard InChI is InChI=1S/C24H37N3O3/c1-19(17-21-9-5-6-10-22(21)30-2)18-23(28)25-11-12-26-13-15-27(16-14-26)24(29)20-7-3-4-8-20/h5-6,9-10,19-20H,3-4,7-8,11-18H2,1-2H3,(H,25,28). The second-order valence-electron chi connectivity index (χ2n) is 8.82. The van der Waals surface area contributed by atoms with E-state index >= 15 is 0 Å². The maximum atomic E-state index is 12.5. The summed E-state index contributed by atoms with van der Waals surface area (Å²) < 4.78 is 5.40. The number of hydrogen-bond donors (Lipinski definition) is 1. The molecule has 0 aromatic heterocycles. The van der Waals surface area contributed by atoms with Crippen LogP contribution in [0.3, 0.4) is 0 Å². The van der Waals surface area contributed by atoms with E-state index in [0.717, 1.165) is 63.3 Å². The molecule has 6 heteroatoms. The van der Waals surface area contributed by atoms with Gasteiger partial charge in [0.25, 0.3) is 0 Å². The van der Waals surface area contributed by atoms with Crippen molar-refractivity contribution < 1.29 is 14.3 Å². The molecule has 0 bridgehead atoms. The number of piperazine rings is 1. The van der Waals surface area contributed by atoms with Crippen molar-refractivity contribution in [2.75, 3.05) is 46.4 Å². The third kappa shape index (κ3) is 6.46. The summed E-state index contributed by atoms with van der Waals surface area (Å²) in [5, 5.41) is 3.06. The number of ether oxygens (including phenoxy) is 1. The number of rotatable bonds is 9. The van der Waals surface area contributed by atoms with Crippen molar-refractivity contribution in [1.82, 2.24) is 15.1 Å². The van der Waals surface area contributed by atoms with Gasteiger partial charge in [0.1, 0.15) is 5.75 Å². The van der Waals surface area contributed by atoms with Gasteiger partial charge in [0.2, 0.25) is 11.8 Å². The lowest BCUT2D eigenvalue weighted by molar-refractivity contribution is -0.137. The van der Waals surface area contributed by atoms with Gasteiger partial charge < -0.3 is 15.0 Å². The van der Waals surface area contributed by atoms with Crippen LogP contribution in [0.5, 0.6) is 5.75 Å². The molecule has 2 amide bonds. The van der Waals surface area contributed by atoms with Gasteiger partial charge in [-0.3, -0.25) is 14.5 Å². The van der Waals surface area contributed by atoms with Crippen molar-refractivity contribution in [3.8, 4) is 5.75 Å². The van der Waals surface area contributed by atoms with Crippen LogP contribution in [0.1, 0.15) is 44.6 Å². The van der Waals surface area contributed by atoms with Gasteiger partial charge in [-0.05, 0) is 36.8 Å². The Labute approximate surface area is 180 Å². The highest BCUT2D eigenvalue weighted by Crippen LogP contribution is 2.27. The summed E-state index contributed by atoms with van der Waals surface area (Å²) >= 11 is 0. The summed E-state index contributed by atoms with van der Waals surface area (Å²) in [7, 11) is 1.68. The molecule has 30 heavy (non-hydrogen) atoms. The molecule has 1 heterocycles. The first-order chi connectivity index (χ1) is 14.6. The number of carbonyl (C=O) groups is 2. The highest BCUT2D eigenvalue weighted by atomic mass is 16.5. The minimum Gasteiger partial charge on any atom is -0.496 e. The highest BCUT2D eigenvalue weighted by Gasteiger charge is 2.29. The van der Waals surface area contributed by atoms with Crippen molar-refractivity contribution in [1.29, 1.82) is 0 Å². The Morgan fingerprint density at radius 1 is 1.13 bits per heavy atom. The Morgan fingerprint density at radius 2 is 1.83 bits per heavy atom. The van der Waals surface area contributed by atoms with Crippen molar-refractivity contribution in [3.05, 3.63) is 29.8 Å². The second kappa shape index (κ2) is 11.3. The minimum absolute atomic E-state index is 0.104. The van der Waals surface area contributed by atoms with Gasteiger partial charge in [-0.15, -0.1) is 0 Å². The van der Waals surface area contributed by atoms with Gasteiger partial charge in [-0.25, -0.2) is 0 Å². The van der Waals surface area contributed by atoms with Gasteiger partial charge in [-0.2, -0.15) is 0 Å². The number of methoxy groups -OCH3 is 1. The summed E-state index contributed by atoms with van der Waals surface area (Å²) in [6.07, 6.45) is 5.89. The van der Waals surface area contributed by atoms with E-state index in [1.165, 1.54) is 12.8 Å². The maximum Gasteiger partial charge on any atom is 0.225 e. The first kappa shape index (κ1) is 22.6. The average Bonchev–Trinajstić information content (AvgIpc) is 3.29. The molecule has 1 aliphatic heterocycles. The van der Waals surface area contributed by atoms with Crippen LogP contribution in [0.4, 0.5) is 0 Å². The van der Waals surface area contributed by atoms with Gasteiger partial charge in [0.15, 0.2) is 0 Å². The number of nitrogens with one attached hydrogen (secondary N) is 1. The van der Waals surface area contributed by atoms with Crippen molar-refractivity contribution in [2.24, 2.45) is 11.8 Å². The van der Waals surface area contributed by atoms with Crippen LogP contribution >= 0.6 is 0 Å². The zero-order valence-corrected chi connectivity index (χ0v) is 18.6. The Morgan fingerprint density at radius 3 is 2.53 bits per heavy atom. The number of benzene rings is 1. The van der Waals surface area contributed by atoms with Crippen LogP contribution in [-0.4, -0.2) is 68.0 Å². The van der Waals surface area contributed by atoms with Crippen LogP contribution in [0.2, 0.25) is 0 Å². The maximum absolute atomic E-state index is 12.5. The lowest BCUT2D eigenvalue weighted by Gasteiger charge is -2.36. The van der Waals surface area contributed by atoms with E-state index < -0.39 is 0 Å². The predicted octanol–water partition coefficient (Wildman–Crippen LogP) is 2.71. The van der Waals surface area contributed by atoms with Crippen LogP contribution < -0.4 is 10.1 Å². The normalized spacial score (nSPS) is 18.9. The second-order valence-corrected chi connectivity index (χ2v) is 8.82. The van der Waals surface area contributed by atoms with Crippen LogP contribution in [0.15, 0.2) is 24.3 Å². The SMILES string of the molecule is COc1ccccc1CC(C)CC(=O)NCCN1CCN(C(=O)C2CCCC2)CC1. The van der Waals surface area contributed by atoms with E-state index in [1.807, 2.05) is 23.1 Å². The molecule has 1 atom stereocenters. The third-order valence-electron chi connectivity index (χ3n) is 6.43. The van der Waals surface area contributed by atoms with E-state index in [0.29, 0.717) is 18.9 Å². The summed E-state index contributed by atoms with van der Waals surface area (Å²) in [5.41, 5.74) is 1.14. The Kier molecular flexibility index (Phi) is 8.55. The van der Waals surface area contributed by atoms with Crippen molar-refractivity contribution in [2.45, 2.75) is 45.4 Å². The van der Waals surface area contributed by atoms with E-state index in [-0.39, 0.29) is 17.7 Å². The third-order valence-corrected chi connectivity index (χ3v) is 6.43. The molecular weight excluding hydrogens is 378 g/mol. The zero-order chi connectivity index (χ0) is 21.3. The lowest BCUT2D eigenvalue weighted by Crippen LogP contribution is -2.51. The summed E-state index contributed by atoms with van der Waals surface area (Å²) in [5.74, 6) is 1.88. The molecule has 1 aliphatic carbocycles. The lowest BCUT2D eigenvalue weighted by atomic mass is 9.97. The summed E-state index contributed by atoms with van der Waals surface area (Å²) in [6.45, 7) is 7.05. The van der Waals surface area contributed by atoms with E-state index in [1.54, 1.807) is 7.11 Å². The first-order valence-corrected chi connectivity index (χ1v) is 11.5. The molecular formula is C24H37N3O3. The van der Waals surface area contributed by atoms with Gasteiger partial charge in [0, 0.05) is 51.6 Å². The van der Waals surface area contributed by atoms with Crippen molar-refractivity contribution >= 4 is 11.8 Å². The van der Waals surface area contributed by atoms with Crippen LogP contribution in [0, 0.1) is 11.8 Å². The summed E-state index contributed by atoms with van der Waals surface area (Å²) in [4.78, 5) is 29.2. The molecule has 1 aromatic carbocycles. The van der Waals surface area contributed by atoms with Crippen LogP contribution in [0.25, 0.3) is 0 Å². The number of para-hydroxylation sites is 1. The Balaban J connectivity index is 1.30. The molecule has 0 radical (unpaired) electrons. The topological polar surface area (TPSA) is 61.9 Å². The largest absolute Gasteiger partial charge is 0.496 e. The van der Waals surface area contributed by atoms with Gasteiger partial charge >= 0.3 is 0 Å². The smallest absolute Gasteiger partial charge is 0.225 e. The fourth-order valence-electron chi connectivity index (χ4n) is 4.68. The van der Waals surface area contributed by atoms with E-state index in [9.17, 15) is 9.59 Å². The first-order valence-electron chi connectivity index (χ1n) is 11.5. The molecule has 2 aliphatic rings. The predicted molar refractivity (Wildman–Crippen MR) is 118 cm³/mol. The monoisotopic (exact) mass is 415 g/mol. The highest BCUT2D eigenvalue weighted by molar-refractivity contribution is 5.79. The Hall–Kier alpha value is -2.08. The van der Waals surface area contributed by atoms with Gasteiger partial charge in [0.05, 0.1) is 7.11 Å². The van der Waals surface area contributed by atoms with E-state index in [4.69, 9.17) is 4.74 Å². The molecule has 6 nitrogen and oxygen atoms in total.